The van der Waals surface area contributed by atoms with Gasteiger partial charge < -0.3 is 10.4 Å². The van der Waals surface area contributed by atoms with Gasteiger partial charge in [-0.1, -0.05) is 24.3 Å². The van der Waals surface area contributed by atoms with Crippen molar-refractivity contribution < 1.29 is 9.90 Å². The number of nitrogens with one attached hydrogen (secondary N) is 1. The Hall–Kier alpha value is -2.99. The molecule has 1 unspecified atom stereocenters. The molecule has 0 radical (unpaired) electrons. The highest BCUT2D eigenvalue weighted by Crippen LogP contribution is 2.34. The molecule has 6 nitrogen and oxygen atoms in total. The average molecular weight is 348 g/mol. The van der Waals surface area contributed by atoms with Gasteiger partial charge in [0.2, 0.25) is 0 Å². The standard InChI is InChI=1S/C20H20N4O2/c25-19(18-13-16(8-11-21-18)24-12-4-10-23-24)22-14-20(26)9-3-6-15-5-1-2-7-17(15)20/h1-2,4-5,7-8,10-13,26H,3,6,9,14H2,(H,22,25). The predicted molar refractivity (Wildman–Crippen MR) is 97.0 cm³/mol. The second-order valence-corrected chi connectivity index (χ2v) is 6.57. The largest absolute Gasteiger partial charge is 0.383 e. The molecular weight excluding hydrogens is 328 g/mol. The molecule has 4 rings (SSSR count). The Morgan fingerprint density at radius 3 is 2.96 bits per heavy atom. The van der Waals surface area contributed by atoms with Crippen LogP contribution in [0.1, 0.15) is 34.5 Å². The minimum absolute atomic E-state index is 0.163. The van der Waals surface area contributed by atoms with Crippen LogP contribution in [0.5, 0.6) is 0 Å². The number of benzene rings is 1. The summed E-state index contributed by atoms with van der Waals surface area (Å²) in [6.45, 7) is 0.163. The summed E-state index contributed by atoms with van der Waals surface area (Å²) in [4.78, 5) is 16.7. The first kappa shape index (κ1) is 16.5. The van der Waals surface area contributed by atoms with E-state index in [4.69, 9.17) is 0 Å². The lowest BCUT2D eigenvalue weighted by Crippen LogP contribution is -2.43. The van der Waals surface area contributed by atoms with Crippen LogP contribution < -0.4 is 5.32 Å². The van der Waals surface area contributed by atoms with E-state index in [1.54, 1.807) is 35.4 Å². The Morgan fingerprint density at radius 1 is 1.23 bits per heavy atom. The number of pyridine rings is 1. The predicted octanol–water partition coefficient (Wildman–Crippen LogP) is 2.22. The van der Waals surface area contributed by atoms with Crippen molar-refractivity contribution in [1.29, 1.82) is 0 Å². The average Bonchev–Trinajstić information content (AvgIpc) is 3.22. The number of aliphatic hydroxyl groups is 1. The van der Waals surface area contributed by atoms with Crippen molar-refractivity contribution in [3.63, 3.8) is 0 Å². The molecule has 132 valence electrons. The van der Waals surface area contributed by atoms with Gasteiger partial charge in [0.25, 0.3) is 5.91 Å². The number of hydrogen-bond acceptors (Lipinski definition) is 4. The highest BCUT2D eigenvalue weighted by molar-refractivity contribution is 5.92. The summed E-state index contributed by atoms with van der Waals surface area (Å²) in [6, 6.07) is 13.2. The van der Waals surface area contributed by atoms with Crippen molar-refractivity contribution in [2.24, 2.45) is 0 Å². The Bertz CT molecular complexity index is 923. The lowest BCUT2D eigenvalue weighted by atomic mass is 9.79. The Balaban J connectivity index is 1.51. The van der Waals surface area contributed by atoms with E-state index < -0.39 is 5.60 Å². The molecule has 2 aromatic heterocycles. The Morgan fingerprint density at radius 2 is 2.12 bits per heavy atom. The van der Waals surface area contributed by atoms with Gasteiger partial charge in [0.1, 0.15) is 11.3 Å². The van der Waals surface area contributed by atoms with Gasteiger partial charge in [-0.25, -0.2) is 4.68 Å². The topological polar surface area (TPSA) is 80.0 Å². The van der Waals surface area contributed by atoms with Crippen molar-refractivity contribution in [2.45, 2.75) is 24.9 Å². The molecule has 2 N–H and O–H groups in total. The molecule has 1 atom stereocenters. The summed E-state index contributed by atoms with van der Waals surface area (Å²) >= 11 is 0. The smallest absolute Gasteiger partial charge is 0.270 e. The third-order valence-corrected chi connectivity index (χ3v) is 4.84. The molecule has 0 saturated carbocycles. The van der Waals surface area contributed by atoms with Crippen molar-refractivity contribution in [3.05, 3.63) is 77.9 Å². The Labute approximate surface area is 151 Å². The molecule has 0 aliphatic heterocycles. The van der Waals surface area contributed by atoms with E-state index in [1.165, 1.54) is 0 Å². The van der Waals surface area contributed by atoms with Gasteiger partial charge in [-0.15, -0.1) is 0 Å². The quantitative estimate of drug-likeness (QED) is 0.758. The molecular formula is C20H20N4O2. The van der Waals surface area contributed by atoms with Crippen LogP contribution in [0.15, 0.2) is 61.1 Å². The fourth-order valence-electron chi connectivity index (χ4n) is 3.51. The highest BCUT2D eigenvalue weighted by atomic mass is 16.3. The van der Waals surface area contributed by atoms with Crippen LogP contribution in [-0.4, -0.2) is 32.3 Å². The molecule has 3 aromatic rings. The van der Waals surface area contributed by atoms with E-state index in [1.807, 2.05) is 30.3 Å². The van der Waals surface area contributed by atoms with Crippen molar-refractivity contribution >= 4 is 5.91 Å². The molecule has 2 heterocycles. The Kier molecular flexibility index (Phi) is 4.26. The number of hydrogen-bond donors (Lipinski definition) is 2. The third-order valence-electron chi connectivity index (χ3n) is 4.84. The molecule has 0 spiro atoms. The minimum Gasteiger partial charge on any atom is -0.383 e. The number of aryl methyl sites for hydroxylation is 1. The second kappa shape index (κ2) is 6.72. The molecule has 1 amide bonds. The number of rotatable bonds is 4. The summed E-state index contributed by atoms with van der Waals surface area (Å²) in [5, 5.41) is 18.1. The molecule has 6 heteroatoms. The lowest BCUT2D eigenvalue weighted by molar-refractivity contribution is 0.0189. The first-order valence-electron chi connectivity index (χ1n) is 8.71. The fourth-order valence-corrected chi connectivity index (χ4v) is 3.51. The SMILES string of the molecule is O=C(NCC1(O)CCCc2ccccc21)c1cc(-n2cccn2)ccn1. The lowest BCUT2D eigenvalue weighted by Gasteiger charge is -2.34. The summed E-state index contributed by atoms with van der Waals surface area (Å²) in [7, 11) is 0. The maximum atomic E-state index is 12.5. The van der Waals surface area contributed by atoms with E-state index in [-0.39, 0.29) is 12.5 Å². The van der Waals surface area contributed by atoms with Gasteiger partial charge in [-0.05, 0) is 48.6 Å². The van der Waals surface area contributed by atoms with Gasteiger partial charge in [0.05, 0.1) is 12.2 Å². The van der Waals surface area contributed by atoms with Crippen molar-refractivity contribution in [1.82, 2.24) is 20.1 Å². The fraction of sp³-hybridized carbons (Fsp3) is 0.250. The first-order chi connectivity index (χ1) is 12.7. The molecule has 0 saturated heterocycles. The van der Waals surface area contributed by atoms with Crippen LogP contribution >= 0.6 is 0 Å². The maximum absolute atomic E-state index is 12.5. The highest BCUT2D eigenvalue weighted by Gasteiger charge is 2.34. The van der Waals surface area contributed by atoms with Crippen LogP contribution in [0.4, 0.5) is 0 Å². The van der Waals surface area contributed by atoms with Gasteiger partial charge in [0.15, 0.2) is 0 Å². The van der Waals surface area contributed by atoms with E-state index >= 15 is 0 Å². The van der Waals surface area contributed by atoms with Crippen LogP contribution in [0.3, 0.4) is 0 Å². The summed E-state index contributed by atoms with van der Waals surface area (Å²) < 4.78 is 1.67. The zero-order valence-corrected chi connectivity index (χ0v) is 14.3. The number of aromatic nitrogens is 3. The summed E-state index contributed by atoms with van der Waals surface area (Å²) in [6.07, 6.45) is 7.55. The van der Waals surface area contributed by atoms with Crippen LogP contribution in [0.25, 0.3) is 5.69 Å². The van der Waals surface area contributed by atoms with Gasteiger partial charge in [0, 0.05) is 18.6 Å². The number of carbonyl (C=O) groups excluding carboxylic acids is 1. The van der Waals surface area contributed by atoms with Gasteiger partial charge in [-0.3, -0.25) is 9.78 Å². The van der Waals surface area contributed by atoms with E-state index in [0.717, 1.165) is 29.7 Å². The first-order valence-corrected chi connectivity index (χ1v) is 8.71. The van der Waals surface area contributed by atoms with Crippen LogP contribution in [0, 0.1) is 0 Å². The second-order valence-electron chi connectivity index (χ2n) is 6.57. The van der Waals surface area contributed by atoms with Gasteiger partial charge >= 0.3 is 0 Å². The number of fused-ring (bicyclic) bond motifs is 1. The number of carbonyl (C=O) groups is 1. The van der Waals surface area contributed by atoms with Gasteiger partial charge in [-0.2, -0.15) is 5.10 Å². The third kappa shape index (κ3) is 3.11. The molecule has 26 heavy (non-hydrogen) atoms. The summed E-state index contributed by atoms with van der Waals surface area (Å²) in [5.41, 5.74) is 2.08. The molecule has 1 aliphatic rings. The van der Waals surface area contributed by atoms with Crippen molar-refractivity contribution in [3.8, 4) is 5.69 Å². The van der Waals surface area contributed by atoms with E-state index in [0.29, 0.717) is 12.1 Å². The minimum atomic E-state index is -1.04. The monoisotopic (exact) mass is 348 g/mol. The zero-order chi connectivity index (χ0) is 18.0. The molecule has 0 fully saturated rings. The molecule has 1 aromatic carbocycles. The van der Waals surface area contributed by atoms with Crippen molar-refractivity contribution in [2.75, 3.05) is 6.54 Å². The van der Waals surface area contributed by atoms with Crippen LogP contribution in [-0.2, 0) is 12.0 Å². The summed E-state index contributed by atoms with van der Waals surface area (Å²) in [5.74, 6) is -0.310. The molecule has 0 bridgehead atoms. The zero-order valence-electron chi connectivity index (χ0n) is 14.3. The number of amides is 1. The normalized spacial score (nSPS) is 19.0. The van der Waals surface area contributed by atoms with E-state index in [2.05, 4.69) is 15.4 Å². The maximum Gasteiger partial charge on any atom is 0.270 e. The number of nitrogens with zero attached hydrogens (tertiary/aromatic N) is 3. The van der Waals surface area contributed by atoms with E-state index in [9.17, 15) is 9.90 Å². The van der Waals surface area contributed by atoms with Crippen LogP contribution in [0.2, 0.25) is 0 Å². The molecule has 1 aliphatic carbocycles.